The van der Waals surface area contributed by atoms with E-state index in [2.05, 4.69) is 6.92 Å². The fourth-order valence-electron chi connectivity index (χ4n) is 10.1. The smallest absolute Gasteiger partial charge is 0.329 e. The van der Waals surface area contributed by atoms with Gasteiger partial charge in [-0.1, -0.05) is 76.6 Å². The summed E-state index contributed by atoms with van der Waals surface area (Å²) in [6, 6.07) is -1.46. The van der Waals surface area contributed by atoms with Crippen LogP contribution in [-0.2, 0) is 38.1 Å². The first-order chi connectivity index (χ1) is 29.8. The van der Waals surface area contributed by atoms with Crippen molar-refractivity contribution in [2.75, 3.05) is 20.8 Å². The number of rotatable bonds is 5. The molecule has 3 heterocycles. The van der Waals surface area contributed by atoms with Gasteiger partial charge in [0.25, 0.3) is 11.7 Å². The van der Waals surface area contributed by atoms with Gasteiger partial charge in [-0.25, -0.2) is 4.79 Å². The number of ether oxygens (including phenoxy) is 4. The third-order valence-corrected chi connectivity index (χ3v) is 14.3. The van der Waals surface area contributed by atoms with Crippen molar-refractivity contribution < 1.29 is 53.4 Å². The Morgan fingerprint density at radius 3 is 2.29 bits per heavy atom. The number of piperidine rings is 1. The van der Waals surface area contributed by atoms with Gasteiger partial charge in [0.1, 0.15) is 24.4 Å². The summed E-state index contributed by atoms with van der Waals surface area (Å²) in [5, 5.41) is 33.8. The molecule has 3 fully saturated rings. The van der Waals surface area contributed by atoms with Crippen molar-refractivity contribution in [3.63, 3.8) is 0 Å². The summed E-state index contributed by atoms with van der Waals surface area (Å²) < 4.78 is 23.7. The number of hydrogen-bond donors (Lipinski definition) is 4. The number of Topliss-reactive ketones (excluding diaryl/α,β-unsaturated/α-hetero) is 2. The van der Waals surface area contributed by atoms with Crippen LogP contribution in [-0.4, -0.2) is 119 Å². The number of nitrogens with two attached hydrogens (primary N) is 1. The van der Waals surface area contributed by atoms with Gasteiger partial charge in [0.2, 0.25) is 5.79 Å². The Morgan fingerprint density at radius 2 is 1.59 bits per heavy atom. The van der Waals surface area contributed by atoms with Crippen LogP contribution < -0.4 is 5.73 Å². The molecular weight excluding hydrogens is 805 g/mol. The topological polar surface area (TPSA) is 195 Å². The number of amides is 1. The van der Waals surface area contributed by atoms with Crippen LogP contribution in [0.2, 0.25) is 0 Å². The molecule has 356 valence electrons. The molecule has 5 N–H and O–H groups in total. The molecule has 15 atom stereocenters. The van der Waals surface area contributed by atoms with Crippen molar-refractivity contribution >= 4 is 23.4 Å². The Morgan fingerprint density at radius 1 is 0.857 bits per heavy atom. The molecule has 0 radical (unpaired) electrons. The van der Waals surface area contributed by atoms with Crippen molar-refractivity contribution in [3.8, 4) is 0 Å². The van der Waals surface area contributed by atoms with Crippen LogP contribution in [0, 0.1) is 35.5 Å². The third-order valence-electron chi connectivity index (χ3n) is 14.3. The molecule has 0 spiro atoms. The predicted octanol–water partition coefficient (Wildman–Crippen LogP) is 6.31. The number of ketones is 2. The van der Waals surface area contributed by atoms with Crippen LogP contribution in [0.4, 0.5) is 0 Å². The molecule has 4 aliphatic rings. The first-order valence-corrected chi connectivity index (χ1v) is 23.7. The summed E-state index contributed by atoms with van der Waals surface area (Å²) in [5.41, 5.74) is 8.07. The maximum atomic E-state index is 14.3. The van der Waals surface area contributed by atoms with Crippen LogP contribution in [0.1, 0.15) is 132 Å². The molecule has 1 amide bonds. The summed E-state index contributed by atoms with van der Waals surface area (Å²) in [6.07, 6.45) is 14.8. The van der Waals surface area contributed by atoms with E-state index in [1.807, 2.05) is 64.2 Å². The van der Waals surface area contributed by atoms with Crippen LogP contribution in [0.5, 0.6) is 0 Å². The summed E-state index contributed by atoms with van der Waals surface area (Å²) in [4.78, 5) is 57.6. The number of hydrogen-bond acceptors (Lipinski definition) is 12. The van der Waals surface area contributed by atoms with Gasteiger partial charge in [-0.05, 0) is 127 Å². The van der Waals surface area contributed by atoms with Crippen LogP contribution in [0.3, 0.4) is 0 Å². The lowest BCUT2D eigenvalue weighted by atomic mass is 9.78. The molecule has 1 unspecified atom stereocenters. The minimum absolute atomic E-state index is 0.0683. The molecule has 4 rings (SSSR count). The van der Waals surface area contributed by atoms with Gasteiger partial charge >= 0.3 is 5.97 Å². The second-order valence-electron chi connectivity index (χ2n) is 19.6. The molecule has 0 aromatic heterocycles. The quantitative estimate of drug-likeness (QED) is 0.137. The third kappa shape index (κ3) is 14.2. The van der Waals surface area contributed by atoms with Crippen molar-refractivity contribution in [1.82, 2.24) is 4.90 Å². The van der Waals surface area contributed by atoms with Crippen LogP contribution in [0.15, 0.2) is 47.6 Å². The first-order valence-electron chi connectivity index (χ1n) is 23.7. The SMILES string of the molecule is CO[C@@H]1C[C@H](CC(C)[C@@H]2CC[C@H](C)/C=C(\C)[C@@H](O)[C@@H](OC)C(=O)[C@H](C)C[C@H](C)/C=C/C=C/C=C(\C)[C@@H](N)C[C@@H]3CC[C@@H](C)[C@@](O)(O3)C(=O)C(=O)N3CCCC[C@H]3C(=O)O2)CC[C@H]1O. The Kier molecular flexibility index (Phi) is 20.4. The normalized spacial score (nSPS) is 41.3. The Labute approximate surface area is 376 Å². The Balaban J connectivity index is 1.66. The van der Waals surface area contributed by atoms with Gasteiger partial charge in [0.05, 0.1) is 18.3 Å². The lowest BCUT2D eigenvalue weighted by Crippen LogP contribution is -2.61. The van der Waals surface area contributed by atoms with E-state index in [9.17, 15) is 34.5 Å². The summed E-state index contributed by atoms with van der Waals surface area (Å²) >= 11 is 0. The number of nitrogens with zero attached hydrogens (tertiary/aromatic N) is 1. The number of esters is 1. The number of fused-ring (bicyclic) bond motifs is 3. The Hall–Kier alpha value is -3.04. The highest BCUT2D eigenvalue weighted by Gasteiger charge is 2.53. The van der Waals surface area contributed by atoms with Crippen LogP contribution >= 0.6 is 0 Å². The highest BCUT2D eigenvalue weighted by Crippen LogP contribution is 2.37. The maximum absolute atomic E-state index is 14.3. The van der Waals surface area contributed by atoms with Gasteiger partial charge in [0.15, 0.2) is 5.78 Å². The van der Waals surface area contributed by atoms with Gasteiger partial charge in [0, 0.05) is 38.6 Å². The van der Waals surface area contributed by atoms with Gasteiger partial charge < -0.3 is 44.9 Å². The number of carbonyl (C=O) groups is 4. The molecule has 13 nitrogen and oxygen atoms in total. The minimum atomic E-state index is -2.38. The standard InChI is InChI=1S/C50H80N2O11/c1-30-15-11-10-12-16-32(3)39(51)29-38-21-19-36(7)50(59,63-38)47(56)48(57)52-24-14-13-17-40(52)49(58)62-42(33(4)27-37-20-22-41(53)43(28-37)60-8)23-18-31(2)26-35(6)45(55)46(61-9)44(54)34(5)25-30/h10-12,15-16,26,30-31,33-34,36-43,45-46,53,55,59H,13-14,17-25,27-29,51H2,1-9H3/b12-10+,15-11+,32-16+,35-26+/t30-,31+,33?,34-,36-,37+,38+,39+,40+,41-,42+,43-,45-,46+,50-/m1/s1. The average Bonchev–Trinajstić information content (AvgIpc) is 3.25. The van der Waals surface area contributed by atoms with E-state index in [0.29, 0.717) is 76.2 Å². The molecule has 2 saturated heterocycles. The maximum Gasteiger partial charge on any atom is 0.329 e. The molecule has 3 aliphatic heterocycles. The van der Waals surface area contributed by atoms with Crippen molar-refractivity contribution in [1.29, 1.82) is 0 Å². The predicted molar refractivity (Wildman–Crippen MR) is 242 cm³/mol. The molecule has 63 heavy (non-hydrogen) atoms. The van der Waals surface area contributed by atoms with Gasteiger partial charge in [-0.2, -0.15) is 0 Å². The summed E-state index contributed by atoms with van der Waals surface area (Å²) in [7, 11) is 3.05. The van der Waals surface area contributed by atoms with E-state index >= 15 is 0 Å². The molecule has 2 bridgehead atoms. The van der Waals surface area contributed by atoms with E-state index in [0.717, 1.165) is 18.4 Å². The number of aliphatic hydroxyl groups is 3. The number of carbonyl (C=O) groups excluding carboxylic acids is 4. The zero-order chi connectivity index (χ0) is 46.6. The van der Waals surface area contributed by atoms with E-state index < -0.39 is 72.0 Å². The summed E-state index contributed by atoms with van der Waals surface area (Å²) in [5.74, 6) is -6.09. The first kappa shape index (κ1) is 52.6. The lowest BCUT2D eigenvalue weighted by molar-refractivity contribution is -0.263. The fourth-order valence-corrected chi connectivity index (χ4v) is 10.1. The summed E-state index contributed by atoms with van der Waals surface area (Å²) in [6.45, 7) is 13.5. The molecule has 0 aromatic carbocycles. The molecule has 13 heteroatoms. The number of methoxy groups -OCH3 is 2. The zero-order valence-electron chi connectivity index (χ0n) is 39.6. The van der Waals surface area contributed by atoms with E-state index in [1.165, 1.54) is 12.0 Å². The molecule has 1 saturated carbocycles. The molecule has 1 aliphatic carbocycles. The largest absolute Gasteiger partial charge is 0.461 e. The van der Waals surface area contributed by atoms with Gasteiger partial charge in [-0.15, -0.1) is 0 Å². The van der Waals surface area contributed by atoms with E-state index in [-0.39, 0.29) is 48.0 Å². The minimum Gasteiger partial charge on any atom is -0.461 e. The van der Waals surface area contributed by atoms with E-state index in [4.69, 9.17) is 24.7 Å². The Bertz CT molecular complexity index is 1660. The van der Waals surface area contributed by atoms with Gasteiger partial charge in [-0.3, -0.25) is 14.4 Å². The number of cyclic esters (lactones) is 1. The second kappa shape index (κ2) is 24.5. The lowest BCUT2D eigenvalue weighted by Gasteiger charge is -2.42. The molecular formula is C50H80N2O11. The van der Waals surface area contributed by atoms with E-state index in [1.54, 1.807) is 21.0 Å². The molecule has 0 aromatic rings. The average molecular weight is 885 g/mol. The zero-order valence-corrected chi connectivity index (χ0v) is 39.6. The van der Waals surface area contributed by atoms with Crippen LogP contribution in [0.25, 0.3) is 0 Å². The van der Waals surface area contributed by atoms with Crippen molar-refractivity contribution in [3.05, 3.63) is 47.6 Å². The second-order valence-corrected chi connectivity index (χ2v) is 19.6. The highest BCUT2D eigenvalue weighted by molar-refractivity contribution is 6.39. The van der Waals surface area contributed by atoms with Crippen molar-refractivity contribution in [2.24, 2.45) is 41.2 Å². The fraction of sp³-hybridized carbons (Fsp3) is 0.760. The van der Waals surface area contributed by atoms with Crippen molar-refractivity contribution in [2.45, 2.75) is 186 Å². The monoisotopic (exact) mass is 885 g/mol. The highest BCUT2D eigenvalue weighted by atomic mass is 16.6. The number of aliphatic hydroxyl groups excluding tert-OH is 2. The number of allylic oxidation sites excluding steroid dienone is 6.